The number of carbonyl (C=O) groups excluding carboxylic acids is 2. The summed E-state index contributed by atoms with van der Waals surface area (Å²) in [5.41, 5.74) is 2.41. The van der Waals surface area contributed by atoms with E-state index in [0.717, 1.165) is 18.2 Å². The molecule has 0 radical (unpaired) electrons. The van der Waals surface area contributed by atoms with Crippen LogP contribution in [0.4, 0.5) is 5.69 Å². The largest absolute Gasteiger partial charge is 0.497 e. The maximum atomic E-state index is 12.3. The lowest BCUT2D eigenvalue weighted by Crippen LogP contribution is -2.28. The molecule has 180 valence electrons. The number of nitriles is 1. The van der Waals surface area contributed by atoms with E-state index in [2.05, 4.69) is 16.4 Å². The lowest BCUT2D eigenvalue weighted by molar-refractivity contribution is -0.117. The second-order valence-corrected chi connectivity index (χ2v) is 9.99. The Morgan fingerprint density at radius 2 is 1.74 bits per heavy atom. The Bertz CT molecular complexity index is 1370. The molecule has 1 heterocycles. The summed E-state index contributed by atoms with van der Waals surface area (Å²) in [7, 11) is -2.35. The van der Waals surface area contributed by atoms with Gasteiger partial charge in [0.2, 0.25) is 11.8 Å². The molecule has 35 heavy (non-hydrogen) atoms. The van der Waals surface area contributed by atoms with Crippen molar-refractivity contribution in [3.05, 3.63) is 66.2 Å². The molecule has 2 aromatic carbocycles. The summed E-state index contributed by atoms with van der Waals surface area (Å²) in [5.74, 6) is 0.143. The predicted octanol–water partition coefficient (Wildman–Crippen LogP) is 3.57. The average molecular weight is 511 g/mol. The highest BCUT2D eigenvalue weighted by Crippen LogP contribution is 2.27. The number of hydrogen-bond acceptors (Lipinski definition) is 8. The minimum absolute atomic E-state index is 0.0897. The first-order chi connectivity index (χ1) is 16.7. The summed E-state index contributed by atoms with van der Waals surface area (Å²) in [5, 5.41) is 12.6. The van der Waals surface area contributed by atoms with E-state index in [0.29, 0.717) is 27.7 Å². The fraction of sp³-hybridized carbons (Fsp3) is 0.167. The smallest absolute Gasteiger partial charge is 0.264 e. The van der Waals surface area contributed by atoms with Crippen LogP contribution < -0.4 is 14.8 Å². The quantitative estimate of drug-likeness (QED) is 0.417. The number of carbonyl (C=O) groups is 2. The van der Waals surface area contributed by atoms with Crippen molar-refractivity contribution in [2.24, 2.45) is 0 Å². The third-order valence-corrected chi connectivity index (χ3v) is 7.10. The van der Waals surface area contributed by atoms with Crippen molar-refractivity contribution in [3.8, 4) is 23.1 Å². The van der Waals surface area contributed by atoms with Gasteiger partial charge in [0.05, 0.1) is 23.3 Å². The number of anilines is 1. The molecule has 0 saturated heterocycles. The number of nitrogens with zero attached hydrogens (tertiary/aromatic N) is 2. The fourth-order valence-corrected chi connectivity index (χ4v) is 4.89. The van der Waals surface area contributed by atoms with Crippen LogP contribution in [-0.2, 0) is 19.6 Å². The number of aromatic nitrogens is 1. The van der Waals surface area contributed by atoms with Gasteiger partial charge in [-0.05, 0) is 60.7 Å². The van der Waals surface area contributed by atoms with E-state index in [9.17, 15) is 23.3 Å². The molecule has 2 N–H and O–H groups in total. The Morgan fingerprint density at radius 3 is 2.34 bits per heavy atom. The van der Waals surface area contributed by atoms with E-state index in [1.54, 1.807) is 19.2 Å². The molecule has 2 amide bonds. The summed E-state index contributed by atoms with van der Waals surface area (Å²) in [6, 6.07) is 18.5. The number of nitrogens with one attached hydrogen (secondary N) is 2. The molecule has 0 saturated carbocycles. The monoisotopic (exact) mass is 510 g/mol. The van der Waals surface area contributed by atoms with E-state index >= 15 is 0 Å². The number of amides is 2. The maximum Gasteiger partial charge on any atom is 0.264 e. The van der Waals surface area contributed by atoms with Gasteiger partial charge in [0.25, 0.3) is 10.0 Å². The van der Waals surface area contributed by atoms with Gasteiger partial charge in [-0.2, -0.15) is 5.26 Å². The normalized spacial score (nSPS) is 10.8. The molecule has 9 nitrogen and oxygen atoms in total. The molecule has 3 rings (SSSR count). The van der Waals surface area contributed by atoms with Gasteiger partial charge in [-0.3, -0.25) is 9.59 Å². The number of hydrogen-bond donors (Lipinski definition) is 2. The van der Waals surface area contributed by atoms with Crippen molar-refractivity contribution in [2.75, 3.05) is 18.2 Å². The first kappa shape index (κ1) is 25.7. The molecule has 11 heteroatoms. The number of ether oxygens (including phenoxy) is 1. The lowest BCUT2D eigenvalue weighted by atomic mass is 10.1. The van der Waals surface area contributed by atoms with Crippen molar-refractivity contribution in [3.63, 3.8) is 0 Å². The summed E-state index contributed by atoms with van der Waals surface area (Å²) >= 11 is 1.30. The second kappa shape index (κ2) is 11.5. The van der Waals surface area contributed by atoms with Crippen LogP contribution >= 0.6 is 11.8 Å². The Labute approximate surface area is 207 Å². The van der Waals surface area contributed by atoms with Crippen molar-refractivity contribution in [1.29, 1.82) is 5.26 Å². The van der Waals surface area contributed by atoms with Gasteiger partial charge < -0.3 is 10.1 Å². The Balaban J connectivity index is 1.60. The highest BCUT2D eigenvalue weighted by Gasteiger charge is 2.15. The van der Waals surface area contributed by atoms with Crippen LogP contribution in [0, 0.1) is 11.3 Å². The van der Waals surface area contributed by atoms with Crippen molar-refractivity contribution in [1.82, 2.24) is 9.71 Å². The van der Waals surface area contributed by atoms with E-state index in [4.69, 9.17) is 4.74 Å². The van der Waals surface area contributed by atoms with E-state index < -0.39 is 15.9 Å². The number of sulfonamides is 1. The summed E-state index contributed by atoms with van der Waals surface area (Å²) in [6.07, 6.45) is 0.149. The molecule has 0 bridgehead atoms. The zero-order valence-electron chi connectivity index (χ0n) is 18.9. The maximum absolute atomic E-state index is 12.3. The third kappa shape index (κ3) is 7.05. The van der Waals surface area contributed by atoms with Crippen molar-refractivity contribution in [2.45, 2.75) is 23.3 Å². The zero-order chi connectivity index (χ0) is 25.4. The van der Waals surface area contributed by atoms with E-state index in [-0.39, 0.29) is 17.2 Å². The number of benzene rings is 2. The highest BCUT2D eigenvalue weighted by molar-refractivity contribution is 7.99. The van der Waals surface area contributed by atoms with Crippen molar-refractivity contribution >= 4 is 39.3 Å². The van der Waals surface area contributed by atoms with Gasteiger partial charge in [-0.1, -0.05) is 0 Å². The fourth-order valence-electron chi connectivity index (χ4n) is 2.99. The lowest BCUT2D eigenvalue weighted by Gasteiger charge is -2.09. The standard InChI is InChI=1S/C24H22N4O5S2/c1-16(29)28-35(31,32)21-10-6-19(7-11-21)26-23(30)13-14-34-24-18(15-25)5-12-22(27-24)17-3-8-20(33-2)9-4-17/h3-12H,13-14H2,1-2H3,(H,26,30)(H,28,29). The van der Waals surface area contributed by atoms with Crippen LogP contribution in [0.25, 0.3) is 11.3 Å². The molecule has 1 aromatic heterocycles. The minimum Gasteiger partial charge on any atom is -0.497 e. The molecule has 0 aliphatic carbocycles. The van der Waals surface area contributed by atoms with Gasteiger partial charge in [0, 0.05) is 30.3 Å². The molecule has 0 fully saturated rings. The molecular formula is C24H22N4O5S2. The first-order valence-electron chi connectivity index (χ1n) is 10.3. The number of thioether (sulfide) groups is 1. The van der Waals surface area contributed by atoms with Gasteiger partial charge in [0.1, 0.15) is 16.8 Å². The molecule has 3 aromatic rings. The molecule has 0 aliphatic rings. The van der Waals surface area contributed by atoms with E-state index in [1.165, 1.54) is 36.0 Å². The van der Waals surface area contributed by atoms with E-state index in [1.807, 2.05) is 29.0 Å². The molecule has 0 spiro atoms. The summed E-state index contributed by atoms with van der Waals surface area (Å²) in [4.78, 5) is 27.9. The van der Waals surface area contributed by atoms with Crippen LogP contribution in [-0.4, -0.2) is 38.1 Å². The second-order valence-electron chi connectivity index (χ2n) is 7.22. The molecule has 0 aliphatic heterocycles. The zero-order valence-corrected chi connectivity index (χ0v) is 20.6. The Kier molecular flexibility index (Phi) is 8.46. The SMILES string of the molecule is COc1ccc(-c2ccc(C#N)c(SCCC(=O)Nc3ccc(S(=O)(=O)NC(C)=O)cc3)n2)cc1. The Hall–Kier alpha value is -3.88. The Morgan fingerprint density at radius 1 is 1.06 bits per heavy atom. The van der Waals surface area contributed by atoms with Crippen LogP contribution in [0.2, 0.25) is 0 Å². The average Bonchev–Trinajstić information content (AvgIpc) is 2.83. The number of methoxy groups -OCH3 is 1. The minimum atomic E-state index is -3.94. The number of pyridine rings is 1. The van der Waals surface area contributed by atoms with Crippen LogP contribution in [0.15, 0.2) is 70.6 Å². The van der Waals surface area contributed by atoms with Gasteiger partial charge in [-0.25, -0.2) is 18.1 Å². The first-order valence-corrected chi connectivity index (χ1v) is 12.8. The van der Waals surface area contributed by atoms with Crippen LogP contribution in [0.3, 0.4) is 0 Å². The predicted molar refractivity (Wildman–Crippen MR) is 132 cm³/mol. The van der Waals surface area contributed by atoms with Gasteiger partial charge in [-0.15, -0.1) is 11.8 Å². The van der Waals surface area contributed by atoms with Gasteiger partial charge in [0.15, 0.2) is 0 Å². The molecule has 0 atom stereocenters. The molecule has 0 unspecified atom stereocenters. The number of rotatable bonds is 9. The van der Waals surface area contributed by atoms with Crippen molar-refractivity contribution < 1.29 is 22.7 Å². The topological polar surface area (TPSA) is 138 Å². The summed E-state index contributed by atoms with van der Waals surface area (Å²) < 4.78 is 31.0. The van der Waals surface area contributed by atoms with Crippen LogP contribution in [0.1, 0.15) is 18.9 Å². The third-order valence-electron chi connectivity index (χ3n) is 4.66. The summed E-state index contributed by atoms with van der Waals surface area (Å²) in [6.45, 7) is 1.11. The molecular weight excluding hydrogens is 488 g/mol. The highest BCUT2D eigenvalue weighted by atomic mass is 32.2. The van der Waals surface area contributed by atoms with Crippen LogP contribution in [0.5, 0.6) is 5.75 Å². The van der Waals surface area contributed by atoms with Gasteiger partial charge >= 0.3 is 0 Å².